The second kappa shape index (κ2) is 4.99. The summed E-state index contributed by atoms with van der Waals surface area (Å²) in [5.74, 6) is 0.456. The first-order valence-corrected chi connectivity index (χ1v) is 6.87. The molecule has 3 aromatic rings. The summed E-state index contributed by atoms with van der Waals surface area (Å²) in [6.07, 6.45) is 0. The minimum Gasteiger partial charge on any atom is -0.369 e. The number of benzene rings is 2. The summed E-state index contributed by atoms with van der Waals surface area (Å²) >= 11 is 3.42. The molecule has 0 saturated carbocycles. The number of nitrogens with two attached hydrogens (primary N) is 1. The monoisotopic (exact) mass is 326 g/mol. The number of nitrogen functional groups attached to an aromatic ring is 1. The molecule has 0 atom stereocenters. The standard InChI is InChI=1S/C15H11BrN4/c16-12-4-1-10(2-5-12)9-20-14-6-3-11(8-17)7-13(14)19-15(20)18/h1-7H,9H2,(H2,18,19). The molecule has 0 fully saturated rings. The van der Waals surface area contributed by atoms with Crippen molar-refractivity contribution in [2.45, 2.75) is 6.54 Å². The molecular formula is C15H11BrN4. The number of nitriles is 1. The van der Waals surface area contributed by atoms with E-state index in [1.54, 1.807) is 12.1 Å². The molecule has 1 aromatic heterocycles. The maximum Gasteiger partial charge on any atom is 0.201 e. The van der Waals surface area contributed by atoms with E-state index in [0.717, 1.165) is 21.1 Å². The lowest BCUT2D eigenvalue weighted by molar-refractivity contribution is 0.838. The molecule has 0 aliphatic rings. The molecule has 5 heteroatoms. The lowest BCUT2D eigenvalue weighted by atomic mass is 10.2. The highest BCUT2D eigenvalue weighted by atomic mass is 79.9. The van der Waals surface area contributed by atoms with Crippen LogP contribution in [0.25, 0.3) is 11.0 Å². The largest absolute Gasteiger partial charge is 0.369 e. The van der Waals surface area contributed by atoms with Crippen LogP contribution in [0, 0.1) is 11.3 Å². The lowest BCUT2D eigenvalue weighted by Gasteiger charge is -2.06. The highest BCUT2D eigenvalue weighted by Crippen LogP contribution is 2.21. The highest BCUT2D eigenvalue weighted by molar-refractivity contribution is 9.10. The summed E-state index contributed by atoms with van der Waals surface area (Å²) in [5.41, 5.74) is 9.40. The van der Waals surface area contributed by atoms with Gasteiger partial charge < -0.3 is 10.3 Å². The maximum absolute atomic E-state index is 8.91. The summed E-state index contributed by atoms with van der Waals surface area (Å²) in [7, 11) is 0. The fourth-order valence-electron chi connectivity index (χ4n) is 2.16. The van der Waals surface area contributed by atoms with Crippen molar-refractivity contribution in [2.75, 3.05) is 5.73 Å². The zero-order valence-electron chi connectivity index (χ0n) is 10.5. The average Bonchev–Trinajstić information content (AvgIpc) is 2.76. The van der Waals surface area contributed by atoms with Crippen LogP contribution < -0.4 is 5.73 Å². The van der Waals surface area contributed by atoms with E-state index in [1.807, 2.05) is 34.9 Å². The van der Waals surface area contributed by atoms with Gasteiger partial charge in [0, 0.05) is 4.47 Å². The molecule has 0 aliphatic carbocycles. The van der Waals surface area contributed by atoms with Crippen LogP contribution in [-0.4, -0.2) is 9.55 Å². The molecular weight excluding hydrogens is 316 g/mol. The van der Waals surface area contributed by atoms with Gasteiger partial charge in [-0.1, -0.05) is 28.1 Å². The fraction of sp³-hybridized carbons (Fsp3) is 0.0667. The van der Waals surface area contributed by atoms with Crippen molar-refractivity contribution < 1.29 is 0 Å². The average molecular weight is 327 g/mol. The van der Waals surface area contributed by atoms with Gasteiger partial charge in [0.2, 0.25) is 5.95 Å². The first kappa shape index (κ1) is 12.7. The zero-order valence-corrected chi connectivity index (χ0v) is 12.1. The molecule has 2 N–H and O–H groups in total. The van der Waals surface area contributed by atoms with Crippen molar-refractivity contribution in [2.24, 2.45) is 0 Å². The molecule has 4 nitrogen and oxygen atoms in total. The van der Waals surface area contributed by atoms with E-state index in [9.17, 15) is 0 Å². The van der Waals surface area contributed by atoms with Crippen LogP contribution in [0.2, 0.25) is 0 Å². The topological polar surface area (TPSA) is 67.6 Å². The van der Waals surface area contributed by atoms with Crippen molar-refractivity contribution >= 4 is 32.9 Å². The van der Waals surface area contributed by atoms with Crippen LogP contribution >= 0.6 is 15.9 Å². The van der Waals surface area contributed by atoms with Gasteiger partial charge in [-0.25, -0.2) is 4.98 Å². The Morgan fingerprint density at radius 1 is 1.20 bits per heavy atom. The molecule has 0 amide bonds. The molecule has 0 radical (unpaired) electrons. The Balaban J connectivity index is 2.05. The quantitative estimate of drug-likeness (QED) is 0.785. The van der Waals surface area contributed by atoms with E-state index in [4.69, 9.17) is 11.0 Å². The smallest absolute Gasteiger partial charge is 0.201 e. The molecule has 0 aliphatic heterocycles. The van der Waals surface area contributed by atoms with Gasteiger partial charge in [0.1, 0.15) is 0 Å². The van der Waals surface area contributed by atoms with Crippen LogP contribution in [0.1, 0.15) is 11.1 Å². The molecule has 20 heavy (non-hydrogen) atoms. The van der Waals surface area contributed by atoms with E-state index >= 15 is 0 Å². The third-order valence-electron chi connectivity index (χ3n) is 3.16. The predicted molar refractivity (Wildman–Crippen MR) is 82.1 cm³/mol. The Labute approximate surface area is 124 Å². The number of anilines is 1. The van der Waals surface area contributed by atoms with Crippen LogP contribution in [0.15, 0.2) is 46.9 Å². The molecule has 0 unspecified atom stereocenters. The summed E-state index contributed by atoms with van der Waals surface area (Å²) in [5, 5.41) is 8.91. The highest BCUT2D eigenvalue weighted by Gasteiger charge is 2.09. The number of hydrogen-bond acceptors (Lipinski definition) is 3. The minimum absolute atomic E-state index is 0.456. The number of fused-ring (bicyclic) bond motifs is 1. The Hall–Kier alpha value is -2.32. The van der Waals surface area contributed by atoms with E-state index in [-0.39, 0.29) is 0 Å². The van der Waals surface area contributed by atoms with Crippen LogP contribution in [-0.2, 0) is 6.54 Å². The third-order valence-corrected chi connectivity index (χ3v) is 3.69. The molecule has 0 spiro atoms. The van der Waals surface area contributed by atoms with Crippen LogP contribution in [0.5, 0.6) is 0 Å². The minimum atomic E-state index is 0.456. The van der Waals surface area contributed by atoms with Gasteiger partial charge in [-0.05, 0) is 35.9 Å². The number of hydrogen-bond donors (Lipinski definition) is 1. The Morgan fingerprint density at radius 2 is 1.95 bits per heavy atom. The normalized spacial score (nSPS) is 10.6. The predicted octanol–water partition coefficient (Wildman–Crippen LogP) is 3.30. The molecule has 98 valence electrons. The zero-order chi connectivity index (χ0) is 14.1. The van der Waals surface area contributed by atoms with Gasteiger partial charge in [0.25, 0.3) is 0 Å². The van der Waals surface area contributed by atoms with E-state index < -0.39 is 0 Å². The van der Waals surface area contributed by atoms with Crippen molar-refractivity contribution in [3.8, 4) is 6.07 Å². The first-order chi connectivity index (χ1) is 9.67. The first-order valence-electron chi connectivity index (χ1n) is 6.07. The summed E-state index contributed by atoms with van der Waals surface area (Å²) < 4.78 is 2.99. The van der Waals surface area contributed by atoms with Crippen molar-refractivity contribution in [3.63, 3.8) is 0 Å². The SMILES string of the molecule is N#Cc1ccc2c(c1)nc(N)n2Cc1ccc(Br)cc1. The van der Waals surface area contributed by atoms with Gasteiger partial charge in [0.15, 0.2) is 0 Å². The van der Waals surface area contributed by atoms with Crippen LogP contribution in [0.3, 0.4) is 0 Å². The molecule has 1 heterocycles. The molecule has 2 aromatic carbocycles. The van der Waals surface area contributed by atoms with E-state index in [1.165, 1.54) is 0 Å². The fourth-order valence-corrected chi connectivity index (χ4v) is 2.42. The van der Waals surface area contributed by atoms with Gasteiger partial charge in [0.05, 0.1) is 29.2 Å². The second-order valence-electron chi connectivity index (χ2n) is 4.50. The van der Waals surface area contributed by atoms with Crippen molar-refractivity contribution in [1.82, 2.24) is 9.55 Å². The van der Waals surface area contributed by atoms with Gasteiger partial charge in [-0.15, -0.1) is 0 Å². The Bertz CT molecular complexity index is 812. The number of nitrogens with zero attached hydrogens (tertiary/aromatic N) is 3. The third kappa shape index (κ3) is 2.26. The summed E-state index contributed by atoms with van der Waals surface area (Å²) in [6.45, 7) is 0.654. The van der Waals surface area contributed by atoms with Gasteiger partial charge in [-0.3, -0.25) is 0 Å². The number of halogens is 1. The van der Waals surface area contributed by atoms with E-state index in [2.05, 4.69) is 27.0 Å². The van der Waals surface area contributed by atoms with Crippen molar-refractivity contribution in [3.05, 3.63) is 58.1 Å². The summed E-state index contributed by atoms with van der Waals surface area (Å²) in [4.78, 5) is 4.32. The molecule has 0 bridgehead atoms. The van der Waals surface area contributed by atoms with Gasteiger partial charge in [-0.2, -0.15) is 5.26 Å². The number of rotatable bonds is 2. The Morgan fingerprint density at radius 3 is 2.65 bits per heavy atom. The second-order valence-corrected chi connectivity index (χ2v) is 5.41. The van der Waals surface area contributed by atoms with Crippen molar-refractivity contribution in [1.29, 1.82) is 5.26 Å². The van der Waals surface area contributed by atoms with Crippen LogP contribution in [0.4, 0.5) is 5.95 Å². The molecule has 3 rings (SSSR count). The number of aromatic nitrogens is 2. The van der Waals surface area contributed by atoms with Gasteiger partial charge >= 0.3 is 0 Å². The van der Waals surface area contributed by atoms with E-state index in [0.29, 0.717) is 18.1 Å². The number of imidazole rings is 1. The summed E-state index contributed by atoms with van der Waals surface area (Å²) in [6, 6.07) is 15.6. The maximum atomic E-state index is 8.91. The Kier molecular flexibility index (Phi) is 3.17. The molecule has 0 saturated heterocycles. The lowest BCUT2D eigenvalue weighted by Crippen LogP contribution is -2.04.